The number of carbonyl (C=O) groups excluding carboxylic acids is 1. The van der Waals surface area contributed by atoms with Crippen LogP contribution in [0.25, 0.3) is 0 Å². The molecule has 6 nitrogen and oxygen atoms in total. The molecule has 128 valence electrons. The molecule has 1 N–H and O–H groups in total. The van der Waals surface area contributed by atoms with Crippen molar-refractivity contribution in [1.82, 2.24) is 25.5 Å². The molecule has 3 rings (SSSR count). The first kappa shape index (κ1) is 16.2. The third-order valence-corrected chi connectivity index (χ3v) is 4.98. The number of aromatic amines is 1. The number of piperidine rings is 1. The van der Waals surface area contributed by atoms with Gasteiger partial charge in [-0.2, -0.15) is 18.4 Å². The number of alkyl halides is 3. The minimum Gasteiger partial charge on any atom is -0.332 e. The van der Waals surface area contributed by atoms with Gasteiger partial charge in [-0.1, -0.05) is 5.21 Å². The second-order valence-electron chi connectivity index (χ2n) is 6.40. The highest BCUT2D eigenvalue weighted by molar-refractivity contribution is 5.79. The lowest BCUT2D eigenvalue weighted by Gasteiger charge is -2.38. The molecule has 1 aliphatic carbocycles. The van der Waals surface area contributed by atoms with E-state index in [1.165, 1.54) is 0 Å². The van der Waals surface area contributed by atoms with Crippen LogP contribution in [-0.4, -0.2) is 44.2 Å². The molecule has 1 aromatic heterocycles. The van der Waals surface area contributed by atoms with Gasteiger partial charge in [0, 0.05) is 12.5 Å². The maximum Gasteiger partial charge on any atom is 0.391 e. The maximum atomic E-state index is 12.8. The van der Waals surface area contributed by atoms with Crippen LogP contribution in [0, 0.1) is 11.8 Å². The highest BCUT2D eigenvalue weighted by Crippen LogP contribution is 2.41. The van der Waals surface area contributed by atoms with Gasteiger partial charge in [-0.05, 0) is 44.9 Å². The molecule has 1 aliphatic heterocycles. The number of halogens is 3. The van der Waals surface area contributed by atoms with Crippen molar-refractivity contribution >= 4 is 5.91 Å². The van der Waals surface area contributed by atoms with Crippen molar-refractivity contribution in [3.63, 3.8) is 0 Å². The Labute approximate surface area is 131 Å². The number of carbonyl (C=O) groups is 1. The minimum atomic E-state index is -4.15. The van der Waals surface area contributed by atoms with Crippen molar-refractivity contribution in [3.05, 3.63) is 5.82 Å². The summed E-state index contributed by atoms with van der Waals surface area (Å²) in [6.07, 6.45) is -0.810. The number of tetrazole rings is 1. The standard InChI is InChI=1S/C14H20F3N5O/c15-14(16,17)10-6-4-9(5-7-10)13(23)22-8-2-1-3-11(22)12-18-20-21-19-12/h9-11H,1-8H2,(H,18,19,20,21). The zero-order chi connectivity index (χ0) is 16.4. The Morgan fingerprint density at radius 1 is 1.13 bits per heavy atom. The normalized spacial score (nSPS) is 29.5. The van der Waals surface area contributed by atoms with Gasteiger partial charge < -0.3 is 4.90 Å². The SMILES string of the molecule is O=C(C1CCC(C(F)(F)F)CC1)N1CCCCC1c1nn[nH]n1. The largest absolute Gasteiger partial charge is 0.391 e. The van der Waals surface area contributed by atoms with Crippen molar-refractivity contribution in [2.75, 3.05) is 6.54 Å². The van der Waals surface area contributed by atoms with Crippen LogP contribution in [0.15, 0.2) is 0 Å². The topological polar surface area (TPSA) is 74.8 Å². The van der Waals surface area contributed by atoms with Crippen LogP contribution < -0.4 is 0 Å². The third kappa shape index (κ3) is 3.48. The van der Waals surface area contributed by atoms with Gasteiger partial charge in [0.2, 0.25) is 5.91 Å². The van der Waals surface area contributed by atoms with Crippen LogP contribution in [0.3, 0.4) is 0 Å². The summed E-state index contributed by atoms with van der Waals surface area (Å²) in [4.78, 5) is 14.5. The molecule has 1 amide bonds. The number of aromatic nitrogens is 4. The van der Waals surface area contributed by atoms with Gasteiger partial charge in [0.15, 0.2) is 5.82 Å². The monoisotopic (exact) mass is 331 g/mol. The van der Waals surface area contributed by atoms with Crippen LogP contribution in [0.5, 0.6) is 0 Å². The molecule has 2 aliphatic rings. The average Bonchev–Trinajstić information content (AvgIpc) is 3.08. The van der Waals surface area contributed by atoms with Gasteiger partial charge in [-0.15, -0.1) is 10.2 Å². The third-order valence-electron chi connectivity index (χ3n) is 4.98. The number of rotatable bonds is 2. The molecule has 2 heterocycles. The lowest BCUT2D eigenvalue weighted by molar-refractivity contribution is -0.185. The Morgan fingerprint density at radius 2 is 1.87 bits per heavy atom. The highest BCUT2D eigenvalue weighted by Gasteiger charge is 2.44. The summed E-state index contributed by atoms with van der Waals surface area (Å²) in [5.41, 5.74) is 0. The first-order chi connectivity index (χ1) is 11.0. The van der Waals surface area contributed by atoms with Crippen LogP contribution in [0.4, 0.5) is 13.2 Å². The second kappa shape index (κ2) is 6.45. The second-order valence-corrected chi connectivity index (χ2v) is 6.40. The molecule has 1 saturated heterocycles. The smallest absolute Gasteiger partial charge is 0.332 e. The van der Waals surface area contributed by atoms with Crippen molar-refractivity contribution in [2.24, 2.45) is 11.8 Å². The van der Waals surface area contributed by atoms with Crippen LogP contribution in [-0.2, 0) is 4.79 Å². The first-order valence-corrected chi connectivity index (χ1v) is 8.07. The van der Waals surface area contributed by atoms with E-state index in [1.54, 1.807) is 4.90 Å². The van der Waals surface area contributed by atoms with E-state index in [9.17, 15) is 18.0 Å². The van der Waals surface area contributed by atoms with Gasteiger partial charge >= 0.3 is 6.18 Å². The summed E-state index contributed by atoms with van der Waals surface area (Å²) >= 11 is 0. The number of nitrogens with zero attached hydrogens (tertiary/aromatic N) is 4. The zero-order valence-electron chi connectivity index (χ0n) is 12.7. The maximum absolute atomic E-state index is 12.8. The fourth-order valence-corrected chi connectivity index (χ4v) is 3.68. The molecule has 1 saturated carbocycles. The molecule has 1 atom stereocenters. The minimum absolute atomic E-state index is 0.0423. The van der Waals surface area contributed by atoms with E-state index in [1.807, 2.05) is 0 Å². The zero-order valence-corrected chi connectivity index (χ0v) is 12.7. The summed E-state index contributed by atoms with van der Waals surface area (Å²) < 4.78 is 38.2. The van der Waals surface area contributed by atoms with Crippen LogP contribution >= 0.6 is 0 Å². The Hall–Kier alpha value is -1.67. The van der Waals surface area contributed by atoms with E-state index in [-0.39, 0.29) is 30.7 Å². The molecular weight excluding hydrogens is 311 g/mol. The van der Waals surface area contributed by atoms with Crippen molar-refractivity contribution < 1.29 is 18.0 Å². The molecule has 9 heteroatoms. The molecule has 2 fully saturated rings. The molecule has 0 aromatic carbocycles. The van der Waals surface area contributed by atoms with Gasteiger partial charge in [0.25, 0.3) is 0 Å². The van der Waals surface area contributed by atoms with Crippen molar-refractivity contribution in [3.8, 4) is 0 Å². The number of hydrogen-bond donors (Lipinski definition) is 1. The summed E-state index contributed by atoms with van der Waals surface area (Å²) in [5, 5.41) is 13.9. The predicted molar refractivity (Wildman–Crippen MR) is 74.0 cm³/mol. The van der Waals surface area contributed by atoms with E-state index < -0.39 is 12.1 Å². The van der Waals surface area contributed by atoms with E-state index in [0.717, 1.165) is 19.3 Å². The first-order valence-electron chi connectivity index (χ1n) is 8.07. The summed E-state index contributed by atoms with van der Waals surface area (Å²) in [5.74, 6) is -1.15. The lowest BCUT2D eigenvalue weighted by Crippen LogP contribution is -2.43. The fraction of sp³-hybridized carbons (Fsp3) is 0.857. The summed E-state index contributed by atoms with van der Waals surface area (Å²) in [6, 6.07) is -0.213. The van der Waals surface area contributed by atoms with Gasteiger partial charge in [0.05, 0.1) is 12.0 Å². The molecule has 0 spiro atoms. The summed E-state index contributed by atoms with van der Waals surface area (Å²) in [7, 11) is 0. The van der Waals surface area contributed by atoms with Gasteiger partial charge in [-0.3, -0.25) is 4.79 Å². The molecule has 1 unspecified atom stereocenters. The lowest BCUT2D eigenvalue weighted by atomic mass is 9.80. The predicted octanol–water partition coefficient (Wildman–Crippen LogP) is 2.62. The van der Waals surface area contributed by atoms with E-state index >= 15 is 0 Å². The van der Waals surface area contributed by atoms with E-state index in [4.69, 9.17) is 0 Å². The average molecular weight is 331 g/mol. The molecule has 0 radical (unpaired) electrons. The quantitative estimate of drug-likeness (QED) is 0.904. The fourth-order valence-electron chi connectivity index (χ4n) is 3.68. The van der Waals surface area contributed by atoms with E-state index in [2.05, 4.69) is 20.6 Å². The molecule has 0 bridgehead atoms. The van der Waals surface area contributed by atoms with Crippen molar-refractivity contribution in [1.29, 1.82) is 0 Å². The van der Waals surface area contributed by atoms with Gasteiger partial charge in [0.1, 0.15) is 0 Å². The Kier molecular flexibility index (Phi) is 4.54. The Bertz CT molecular complexity index is 525. The summed E-state index contributed by atoms with van der Waals surface area (Å²) in [6.45, 7) is 0.608. The van der Waals surface area contributed by atoms with Crippen LogP contribution in [0.2, 0.25) is 0 Å². The van der Waals surface area contributed by atoms with Gasteiger partial charge in [-0.25, -0.2) is 0 Å². The Balaban J connectivity index is 1.65. The highest BCUT2D eigenvalue weighted by atomic mass is 19.4. The van der Waals surface area contributed by atoms with Crippen molar-refractivity contribution in [2.45, 2.75) is 57.2 Å². The number of hydrogen-bond acceptors (Lipinski definition) is 4. The molecule has 1 aromatic rings. The molecular formula is C14H20F3N5O. The number of likely N-dealkylation sites (tertiary alicyclic amines) is 1. The number of nitrogens with one attached hydrogen (secondary N) is 1. The molecule has 23 heavy (non-hydrogen) atoms. The van der Waals surface area contributed by atoms with Crippen LogP contribution in [0.1, 0.15) is 56.8 Å². The Morgan fingerprint density at radius 3 is 2.48 bits per heavy atom. The number of amides is 1. The van der Waals surface area contributed by atoms with E-state index in [0.29, 0.717) is 25.2 Å². The number of H-pyrrole nitrogens is 1.